The van der Waals surface area contributed by atoms with Crippen molar-refractivity contribution in [1.29, 1.82) is 0 Å². The van der Waals surface area contributed by atoms with Crippen molar-refractivity contribution in [3.8, 4) is 0 Å². The lowest BCUT2D eigenvalue weighted by Gasteiger charge is -2.18. The molecular formula is C13H17NO2. The number of hydrogen-bond donors (Lipinski definition) is 1. The molecule has 1 aromatic rings. The summed E-state index contributed by atoms with van der Waals surface area (Å²) in [4.78, 5) is 22.4. The van der Waals surface area contributed by atoms with E-state index >= 15 is 0 Å². The van der Waals surface area contributed by atoms with Crippen molar-refractivity contribution in [3.63, 3.8) is 0 Å². The van der Waals surface area contributed by atoms with E-state index < -0.39 is 5.41 Å². The fourth-order valence-corrected chi connectivity index (χ4v) is 1.25. The van der Waals surface area contributed by atoms with Gasteiger partial charge in [0.15, 0.2) is 0 Å². The zero-order chi connectivity index (χ0) is 12.2. The van der Waals surface area contributed by atoms with Crippen molar-refractivity contribution < 1.29 is 9.59 Å². The fraction of sp³-hybridized carbons (Fsp3) is 0.385. The highest BCUT2D eigenvalue weighted by Gasteiger charge is 2.20. The Hall–Kier alpha value is -1.64. The van der Waals surface area contributed by atoms with E-state index in [2.05, 4.69) is 5.32 Å². The number of hydrogen-bond acceptors (Lipinski definition) is 2. The third kappa shape index (κ3) is 3.19. The van der Waals surface area contributed by atoms with Gasteiger partial charge in [0.25, 0.3) is 0 Å². The van der Waals surface area contributed by atoms with Crippen molar-refractivity contribution in [2.75, 3.05) is 0 Å². The second kappa shape index (κ2) is 4.92. The number of carbonyl (C=O) groups excluding carboxylic acids is 2. The van der Waals surface area contributed by atoms with Gasteiger partial charge in [-0.25, -0.2) is 0 Å². The Bertz CT molecular complexity index is 391. The second-order valence-electron chi connectivity index (χ2n) is 4.75. The highest BCUT2D eigenvalue weighted by molar-refractivity contribution is 5.82. The van der Waals surface area contributed by atoms with Gasteiger partial charge in [-0.1, -0.05) is 45.0 Å². The minimum absolute atomic E-state index is 0.0202. The van der Waals surface area contributed by atoms with Crippen molar-refractivity contribution in [2.45, 2.75) is 27.3 Å². The predicted octanol–water partition coefficient (Wildman–Crippen LogP) is 2.16. The van der Waals surface area contributed by atoms with Crippen LogP contribution in [0.1, 0.15) is 36.7 Å². The van der Waals surface area contributed by atoms with Crippen LogP contribution >= 0.6 is 0 Å². The smallest absolute Gasteiger partial charge is 0.225 e. The zero-order valence-corrected chi connectivity index (χ0v) is 9.91. The van der Waals surface area contributed by atoms with Crippen LogP contribution in [0.15, 0.2) is 24.3 Å². The number of rotatable bonds is 3. The topological polar surface area (TPSA) is 46.2 Å². The molecule has 0 aromatic heterocycles. The van der Waals surface area contributed by atoms with E-state index in [0.717, 1.165) is 11.8 Å². The van der Waals surface area contributed by atoms with Crippen LogP contribution in [-0.2, 0) is 11.3 Å². The molecule has 86 valence electrons. The van der Waals surface area contributed by atoms with Gasteiger partial charge in [0, 0.05) is 17.5 Å². The van der Waals surface area contributed by atoms with Gasteiger partial charge in [-0.2, -0.15) is 0 Å². The molecule has 0 aliphatic carbocycles. The van der Waals surface area contributed by atoms with E-state index in [4.69, 9.17) is 0 Å². The maximum atomic E-state index is 11.6. The molecule has 16 heavy (non-hydrogen) atoms. The maximum absolute atomic E-state index is 11.6. The quantitative estimate of drug-likeness (QED) is 0.792. The summed E-state index contributed by atoms with van der Waals surface area (Å²) in [6.07, 6.45) is 0.804. The van der Waals surface area contributed by atoms with Gasteiger partial charge >= 0.3 is 0 Å². The Morgan fingerprint density at radius 3 is 2.50 bits per heavy atom. The summed E-state index contributed by atoms with van der Waals surface area (Å²) in [5.74, 6) is -0.0202. The van der Waals surface area contributed by atoms with E-state index in [0.29, 0.717) is 12.1 Å². The van der Waals surface area contributed by atoms with Gasteiger partial charge in [0.2, 0.25) is 5.91 Å². The molecule has 1 rings (SSSR count). The lowest BCUT2D eigenvalue weighted by Crippen LogP contribution is -2.34. The number of benzene rings is 1. The minimum Gasteiger partial charge on any atom is -0.352 e. The third-order valence-corrected chi connectivity index (χ3v) is 2.30. The maximum Gasteiger partial charge on any atom is 0.225 e. The molecule has 0 saturated carbocycles. The summed E-state index contributed by atoms with van der Waals surface area (Å²) in [5.41, 5.74) is 1.06. The molecule has 0 unspecified atom stereocenters. The summed E-state index contributed by atoms with van der Waals surface area (Å²) in [6, 6.07) is 7.24. The molecule has 0 aliphatic heterocycles. The fourth-order valence-electron chi connectivity index (χ4n) is 1.25. The number of carbonyl (C=O) groups is 2. The first kappa shape index (κ1) is 12.4. The van der Waals surface area contributed by atoms with Crippen LogP contribution in [0.25, 0.3) is 0 Å². The van der Waals surface area contributed by atoms with E-state index in [1.807, 2.05) is 32.9 Å². The molecule has 0 spiro atoms. The normalized spacial score (nSPS) is 10.9. The van der Waals surface area contributed by atoms with Gasteiger partial charge in [0.1, 0.15) is 6.29 Å². The first-order valence-corrected chi connectivity index (χ1v) is 5.26. The van der Waals surface area contributed by atoms with Crippen LogP contribution in [0.3, 0.4) is 0 Å². The lowest BCUT2D eigenvalue weighted by molar-refractivity contribution is -0.128. The largest absolute Gasteiger partial charge is 0.352 e. The van der Waals surface area contributed by atoms with Crippen molar-refractivity contribution in [3.05, 3.63) is 35.4 Å². The number of aldehydes is 1. The molecule has 3 nitrogen and oxygen atoms in total. The van der Waals surface area contributed by atoms with Crippen molar-refractivity contribution in [1.82, 2.24) is 5.32 Å². The molecule has 0 heterocycles. The van der Waals surface area contributed by atoms with Gasteiger partial charge in [0.05, 0.1) is 0 Å². The van der Waals surface area contributed by atoms with Crippen LogP contribution in [0.5, 0.6) is 0 Å². The Morgan fingerprint density at radius 1 is 1.31 bits per heavy atom. The highest BCUT2D eigenvalue weighted by Crippen LogP contribution is 2.13. The van der Waals surface area contributed by atoms with E-state index in [1.165, 1.54) is 0 Å². The third-order valence-electron chi connectivity index (χ3n) is 2.30. The SMILES string of the molecule is CC(C)(C)C(=O)NCc1ccccc1C=O. The molecule has 3 heteroatoms. The van der Waals surface area contributed by atoms with Crippen LogP contribution in [0, 0.1) is 5.41 Å². The summed E-state index contributed by atoms with van der Waals surface area (Å²) >= 11 is 0. The first-order valence-electron chi connectivity index (χ1n) is 5.26. The lowest BCUT2D eigenvalue weighted by atomic mass is 9.95. The summed E-state index contributed by atoms with van der Waals surface area (Å²) in [5, 5.41) is 2.82. The summed E-state index contributed by atoms with van der Waals surface area (Å²) in [7, 11) is 0. The zero-order valence-electron chi connectivity index (χ0n) is 9.91. The number of nitrogens with one attached hydrogen (secondary N) is 1. The number of amides is 1. The molecule has 0 fully saturated rings. The van der Waals surface area contributed by atoms with Crippen LogP contribution in [0.4, 0.5) is 0 Å². The van der Waals surface area contributed by atoms with Crippen LogP contribution in [-0.4, -0.2) is 12.2 Å². The Kier molecular flexibility index (Phi) is 3.82. The molecule has 0 bridgehead atoms. The molecule has 1 N–H and O–H groups in total. The monoisotopic (exact) mass is 219 g/mol. The average molecular weight is 219 g/mol. The highest BCUT2D eigenvalue weighted by atomic mass is 16.2. The summed E-state index contributed by atoms with van der Waals surface area (Å²) < 4.78 is 0. The molecule has 0 aliphatic rings. The van der Waals surface area contributed by atoms with Crippen LogP contribution in [0.2, 0.25) is 0 Å². The first-order chi connectivity index (χ1) is 7.45. The van der Waals surface area contributed by atoms with Crippen LogP contribution < -0.4 is 5.32 Å². The van der Waals surface area contributed by atoms with E-state index in [9.17, 15) is 9.59 Å². The Morgan fingerprint density at radius 2 is 1.94 bits per heavy atom. The van der Waals surface area contributed by atoms with Gasteiger partial charge in [-0.05, 0) is 5.56 Å². The van der Waals surface area contributed by atoms with Gasteiger partial charge < -0.3 is 5.32 Å². The molecule has 1 aromatic carbocycles. The second-order valence-corrected chi connectivity index (χ2v) is 4.75. The molecule has 1 amide bonds. The van der Waals surface area contributed by atoms with Crippen molar-refractivity contribution >= 4 is 12.2 Å². The van der Waals surface area contributed by atoms with Crippen molar-refractivity contribution in [2.24, 2.45) is 5.41 Å². The minimum atomic E-state index is -0.407. The Labute approximate surface area is 95.9 Å². The molecule has 0 saturated heterocycles. The van der Waals surface area contributed by atoms with E-state index in [-0.39, 0.29) is 5.91 Å². The molecular weight excluding hydrogens is 202 g/mol. The molecule has 0 atom stereocenters. The Balaban J connectivity index is 2.68. The molecule has 0 radical (unpaired) electrons. The average Bonchev–Trinajstić information content (AvgIpc) is 2.24. The summed E-state index contributed by atoms with van der Waals surface area (Å²) in [6.45, 7) is 5.96. The predicted molar refractivity (Wildman–Crippen MR) is 63.1 cm³/mol. The van der Waals surface area contributed by atoms with E-state index in [1.54, 1.807) is 12.1 Å². The van der Waals surface area contributed by atoms with Gasteiger partial charge in [-0.3, -0.25) is 9.59 Å². The van der Waals surface area contributed by atoms with Gasteiger partial charge in [-0.15, -0.1) is 0 Å². The standard InChI is InChI=1S/C13H17NO2/c1-13(2,3)12(16)14-8-10-6-4-5-7-11(10)9-15/h4-7,9H,8H2,1-3H3,(H,14,16).